The van der Waals surface area contributed by atoms with Gasteiger partial charge in [0.05, 0.1) is 17.6 Å². The monoisotopic (exact) mass is 439 g/mol. The Morgan fingerprint density at radius 1 is 0.970 bits per heavy atom. The minimum atomic E-state index is 0.0455. The zero-order valence-corrected chi connectivity index (χ0v) is 19.4. The van der Waals surface area contributed by atoms with Crippen molar-refractivity contribution in [1.82, 2.24) is 9.55 Å². The van der Waals surface area contributed by atoms with Crippen LogP contribution in [-0.2, 0) is 11.3 Å². The number of amides is 1. The van der Waals surface area contributed by atoms with E-state index in [1.54, 1.807) is 0 Å². The van der Waals surface area contributed by atoms with Crippen molar-refractivity contribution in [2.24, 2.45) is 0 Å². The standard InChI is InChI=1S/C28H29N3O2/c1-19-14-20(2)16-23(15-19)31-18-22(17-27(31)32)28-29-24-9-5-6-10-25(24)30(28)12-13-33-26-11-7-4-8-21(26)3/h4-11,14-16,22H,12-13,17-18H2,1-3H3. The Bertz CT molecular complexity index is 1300. The lowest BCUT2D eigenvalue weighted by molar-refractivity contribution is -0.117. The lowest BCUT2D eigenvalue weighted by Crippen LogP contribution is -2.25. The number of anilines is 1. The first-order valence-electron chi connectivity index (χ1n) is 11.5. The molecular formula is C28H29N3O2. The number of carbonyl (C=O) groups is 1. The van der Waals surface area contributed by atoms with Crippen LogP contribution in [0.15, 0.2) is 66.7 Å². The topological polar surface area (TPSA) is 47.4 Å². The molecule has 1 aliphatic heterocycles. The van der Waals surface area contributed by atoms with Gasteiger partial charge in [-0.05, 0) is 67.8 Å². The van der Waals surface area contributed by atoms with Crippen molar-refractivity contribution in [2.45, 2.75) is 39.7 Å². The van der Waals surface area contributed by atoms with Crippen molar-refractivity contribution < 1.29 is 9.53 Å². The van der Waals surface area contributed by atoms with Gasteiger partial charge in [0.1, 0.15) is 18.2 Å². The summed E-state index contributed by atoms with van der Waals surface area (Å²) in [7, 11) is 0. The van der Waals surface area contributed by atoms with Gasteiger partial charge in [0.2, 0.25) is 5.91 Å². The number of hydrogen-bond acceptors (Lipinski definition) is 3. The number of aryl methyl sites for hydroxylation is 3. The largest absolute Gasteiger partial charge is 0.491 e. The van der Waals surface area contributed by atoms with Crippen LogP contribution in [-0.4, -0.2) is 28.6 Å². The predicted octanol–water partition coefficient (Wildman–Crippen LogP) is 5.56. The quantitative estimate of drug-likeness (QED) is 0.395. The maximum absolute atomic E-state index is 13.0. The molecule has 5 nitrogen and oxygen atoms in total. The summed E-state index contributed by atoms with van der Waals surface area (Å²) in [6.45, 7) is 8.06. The second kappa shape index (κ2) is 8.74. The second-order valence-corrected chi connectivity index (χ2v) is 8.98. The molecule has 0 radical (unpaired) electrons. The van der Waals surface area contributed by atoms with Crippen LogP contribution in [0.1, 0.15) is 34.9 Å². The van der Waals surface area contributed by atoms with Crippen LogP contribution >= 0.6 is 0 Å². The van der Waals surface area contributed by atoms with Gasteiger partial charge in [-0.1, -0.05) is 36.4 Å². The van der Waals surface area contributed by atoms with Crippen LogP contribution in [0, 0.1) is 20.8 Å². The predicted molar refractivity (Wildman–Crippen MR) is 132 cm³/mol. The highest BCUT2D eigenvalue weighted by Crippen LogP contribution is 2.34. The van der Waals surface area contributed by atoms with Crippen molar-refractivity contribution in [1.29, 1.82) is 0 Å². The Morgan fingerprint density at radius 3 is 2.48 bits per heavy atom. The van der Waals surface area contributed by atoms with Crippen molar-refractivity contribution >= 4 is 22.6 Å². The summed E-state index contributed by atoms with van der Waals surface area (Å²) >= 11 is 0. The zero-order chi connectivity index (χ0) is 22.9. The van der Waals surface area contributed by atoms with E-state index in [9.17, 15) is 4.79 Å². The first-order chi connectivity index (χ1) is 16.0. The molecule has 5 heteroatoms. The fourth-order valence-corrected chi connectivity index (χ4v) is 4.84. The zero-order valence-electron chi connectivity index (χ0n) is 19.4. The van der Waals surface area contributed by atoms with Gasteiger partial charge < -0.3 is 14.2 Å². The second-order valence-electron chi connectivity index (χ2n) is 8.98. The van der Waals surface area contributed by atoms with Crippen LogP contribution in [0.3, 0.4) is 0 Å². The first-order valence-corrected chi connectivity index (χ1v) is 11.5. The highest BCUT2D eigenvalue weighted by molar-refractivity contribution is 5.96. The summed E-state index contributed by atoms with van der Waals surface area (Å²) in [6.07, 6.45) is 0.467. The lowest BCUT2D eigenvalue weighted by atomic mass is 10.1. The number of nitrogens with zero attached hydrogens (tertiary/aromatic N) is 3. The van der Waals surface area contributed by atoms with Crippen LogP contribution in [0.5, 0.6) is 5.75 Å². The molecule has 1 fully saturated rings. The van der Waals surface area contributed by atoms with E-state index < -0.39 is 0 Å². The number of rotatable bonds is 6. The van der Waals surface area contributed by atoms with Gasteiger partial charge in [-0.25, -0.2) is 4.98 Å². The summed E-state index contributed by atoms with van der Waals surface area (Å²) < 4.78 is 8.32. The molecule has 0 bridgehead atoms. The SMILES string of the molecule is Cc1cc(C)cc(N2CC(c3nc4ccccc4n3CCOc3ccccc3C)CC2=O)c1. The molecule has 33 heavy (non-hydrogen) atoms. The molecule has 1 atom stereocenters. The Morgan fingerprint density at radius 2 is 1.70 bits per heavy atom. The lowest BCUT2D eigenvalue weighted by Gasteiger charge is -2.19. The summed E-state index contributed by atoms with van der Waals surface area (Å²) in [5.41, 5.74) is 6.48. The van der Waals surface area contributed by atoms with Crippen molar-refractivity contribution in [3.8, 4) is 5.75 Å². The van der Waals surface area contributed by atoms with Crippen molar-refractivity contribution in [3.63, 3.8) is 0 Å². The maximum atomic E-state index is 13.0. The first kappa shape index (κ1) is 21.3. The molecule has 5 rings (SSSR count). The van der Waals surface area contributed by atoms with Crippen LogP contribution in [0.2, 0.25) is 0 Å². The Balaban J connectivity index is 1.42. The molecule has 3 aromatic carbocycles. The number of hydrogen-bond donors (Lipinski definition) is 0. The fraction of sp³-hybridized carbons (Fsp3) is 0.286. The number of fused-ring (bicyclic) bond motifs is 1. The van der Waals surface area contributed by atoms with E-state index in [0.29, 0.717) is 26.1 Å². The minimum Gasteiger partial charge on any atom is -0.491 e. The van der Waals surface area contributed by atoms with Crippen LogP contribution in [0.25, 0.3) is 11.0 Å². The van der Waals surface area contributed by atoms with Crippen LogP contribution in [0.4, 0.5) is 5.69 Å². The molecule has 1 saturated heterocycles. The molecule has 2 heterocycles. The molecule has 0 spiro atoms. The molecule has 0 aliphatic carbocycles. The fourth-order valence-electron chi connectivity index (χ4n) is 4.84. The molecule has 1 amide bonds. The minimum absolute atomic E-state index is 0.0455. The summed E-state index contributed by atoms with van der Waals surface area (Å²) in [4.78, 5) is 19.9. The summed E-state index contributed by atoms with van der Waals surface area (Å²) in [5.74, 6) is 2.06. The summed E-state index contributed by atoms with van der Waals surface area (Å²) in [6, 6.07) is 22.6. The van der Waals surface area contributed by atoms with E-state index in [2.05, 4.69) is 55.7 Å². The Labute approximate surface area is 194 Å². The van der Waals surface area contributed by atoms with Crippen molar-refractivity contribution in [3.05, 3.63) is 89.2 Å². The number of imidazole rings is 1. The van der Waals surface area contributed by atoms with Crippen LogP contribution < -0.4 is 9.64 Å². The van der Waals surface area contributed by atoms with E-state index in [-0.39, 0.29) is 11.8 Å². The van der Waals surface area contributed by atoms with E-state index in [0.717, 1.165) is 33.9 Å². The average molecular weight is 440 g/mol. The van der Waals surface area contributed by atoms with Gasteiger partial charge in [-0.15, -0.1) is 0 Å². The Kier molecular flexibility index (Phi) is 5.63. The van der Waals surface area contributed by atoms with Gasteiger partial charge in [0, 0.05) is 24.6 Å². The maximum Gasteiger partial charge on any atom is 0.227 e. The van der Waals surface area contributed by atoms with Gasteiger partial charge in [0.15, 0.2) is 0 Å². The van der Waals surface area contributed by atoms with Gasteiger partial charge in [-0.3, -0.25) is 4.79 Å². The molecule has 4 aromatic rings. The molecule has 0 saturated carbocycles. The van der Waals surface area contributed by atoms with E-state index in [4.69, 9.17) is 9.72 Å². The molecular weight excluding hydrogens is 410 g/mol. The van der Waals surface area contributed by atoms with Gasteiger partial charge in [0.25, 0.3) is 0 Å². The number of benzene rings is 3. The third-order valence-electron chi connectivity index (χ3n) is 6.36. The smallest absolute Gasteiger partial charge is 0.227 e. The highest BCUT2D eigenvalue weighted by Gasteiger charge is 2.35. The highest BCUT2D eigenvalue weighted by atomic mass is 16.5. The summed E-state index contributed by atoms with van der Waals surface area (Å²) in [5, 5.41) is 0. The van der Waals surface area contributed by atoms with Crippen molar-refractivity contribution in [2.75, 3.05) is 18.1 Å². The molecule has 168 valence electrons. The van der Waals surface area contributed by atoms with E-state index in [1.807, 2.05) is 41.3 Å². The van der Waals surface area contributed by atoms with E-state index >= 15 is 0 Å². The Hall–Kier alpha value is -3.60. The third-order valence-corrected chi connectivity index (χ3v) is 6.36. The normalized spacial score (nSPS) is 16.0. The number of aromatic nitrogens is 2. The van der Waals surface area contributed by atoms with Gasteiger partial charge in [-0.2, -0.15) is 0 Å². The molecule has 1 aromatic heterocycles. The average Bonchev–Trinajstić information content (AvgIpc) is 3.35. The molecule has 1 unspecified atom stereocenters. The molecule has 0 N–H and O–H groups in total. The number of para-hydroxylation sites is 3. The molecule has 1 aliphatic rings. The third kappa shape index (κ3) is 4.23. The van der Waals surface area contributed by atoms with E-state index in [1.165, 1.54) is 11.1 Å². The number of ether oxygens (including phenoxy) is 1. The van der Waals surface area contributed by atoms with Gasteiger partial charge >= 0.3 is 0 Å². The number of carbonyl (C=O) groups excluding carboxylic acids is 1.